The number of pyridine rings is 1. The minimum Gasteiger partial charge on any atom is -0.462 e. The molecular formula is C24H23ClFN3O4. The van der Waals surface area contributed by atoms with Gasteiger partial charge in [-0.1, -0.05) is 11.6 Å². The van der Waals surface area contributed by atoms with Gasteiger partial charge in [-0.25, -0.2) is 9.18 Å². The van der Waals surface area contributed by atoms with Crippen LogP contribution in [0.4, 0.5) is 10.1 Å². The maximum atomic E-state index is 15.6. The third kappa shape index (κ3) is 3.63. The second-order valence-corrected chi connectivity index (χ2v) is 8.69. The van der Waals surface area contributed by atoms with Crippen LogP contribution in [0.1, 0.15) is 23.7 Å². The number of aromatic nitrogens is 1. The molecule has 3 aromatic rings. The second-order valence-electron chi connectivity index (χ2n) is 8.25. The van der Waals surface area contributed by atoms with E-state index in [0.29, 0.717) is 40.8 Å². The average Bonchev–Trinajstić information content (AvgIpc) is 2.99. The van der Waals surface area contributed by atoms with Gasteiger partial charge in [-0.05, 0) is 45.1 Å². The Morgan fingerprint density at radius 3 is 2.82 bits per heavy atom. The number of anilines is 1. The number of ether oxygens (including phenoxy) is 2. The highest BCUT2D eigenvalue weighted by Gasteiger charge is 2.31. The Bertz CT molecular complexity index is 1340. The van der Waals surface area contributed by atoms with Crippen molar-refractivity contribution in [3.63, 3.8) is 0 Å². The SMILES string of the molecule is CCOC(=O)c1cn2c3c(c(N4CCCN(C)CC4)c(F)cc3c1=O)Oc1cc(Cl)ccc1-2. The van der Waals surface area contributed by atoms with Gasteiger partial charge in [0.2, 0.25) is 5.43 Å². The maximum absolute atomic E-state index is 15.6. The van der Waals surface area contributed by atoms with Gasteiger partial charge in [0.05, 0.1) is 17.7 Å². The van der Waals surface area contributed by atoms with Crippen molar-refractivity contribution in [1.29, 1.82) is 0 Å². The van der Waals surface area contributed by atoms with E-state index in [-0.39, 0.29) is 23.3 Å². The van der Waals surface area contributed by atoms with E-state index >= 15 is 4.39 Å². The van der Waals surface area contributed by atoms with Crippen LogP contribution in [0.25, 0.3) is 16.6 Å². The van der Waals surface area contributed by atoms with Crippen molar-refractivity contribution in [2.45, 2.75) is 13.3 Å². The van der Waals surface area contributed by atoms with Crippen molar-refractivity contribution in [3.8, 4) is 17.2 Å². The molecule has 3 heterocycles. The van der Waals surface area contributed by atoms with Crippen LogP contribution in [0.15, 0.2) is 35.3 Å². The number of carbonyl (C=O) groups excluding carboxylic acids is 1. The number of likely N-dealkylation sites (N-methyl/N-ethyl adjacent to an activating group) is 1. The number of hydrogen-bond donors (Lipinski definition) is 0. The lowest BCUT2D eigenvalue weighted by Crippen LogP contribution is -2.30. The van der Waals surface area contributed by atoms with Gasteiger partial charge in [0.15, 0.2) is 17.3 Å². The van der Waals surface area contributed by atoms with Crippen LogP contribution in [0.3, 0.4) is 0 Å². The van der Waals surface area contributed by atoms with Gasteiger partial charge in [0.1, 0.15) is 16.8 Å². The molecule has 0 spiro atoms. The van der Waals surface area contributed by atoms with E-state index in [2.05, 4.69) is 4.90 Å². The van der Waals surface area contributed by atoms with Crippen LogP contribution >= 0.6 is 11.6 Å². The second kappa shape index (κ2) is 8.35. The topological polar surface area (TPSA) is 64.0 Å². The van der Waals surface area contributed by atoms with Crippen molar-refractivity contribution >= 4 is 34.2 Å². The molecule has 2 aliphatic rings. The van der Waals surface area contributed by atoms with Crippen LogP contribution in [-0.4, -0.2) is 55.3 Å². The molecule has 0 saturated carbocycles. The summed E-state index contributed by atoms with van der Waals surface area (Å²) in [5.74, 6) is -0.667. The highest BCUT2D eigenvalue weighted by molar-refractivity contribution is 6.30. The van der Waals surface area contributed by atoms with Gasteiger partial charge in [0.25, 0.3) is 0 Å². The molecule has 1 fully saturated rings. The summed E-state index contributed by atoms with van der Waals surface area (Å²) >= 11 is 6.21. The Kier molecular flexibility index (Phi) is 5.50. The molecule has 2 aromatic carbocycles. The molecule has 0 radical (unpaired) electrons. The standard InChI is InChI=1S/C24H23ClFN3O4/c1-3-32-24(31)16-13-29-18-6-5-14(25)11-19(18)33-23-20(29)15(22(16)30)12-17(26)21(23)28-8-4-7-27(2)9-10-28/h5-6,11-13H,3-4,7-10H2,1-2H3. The fourth-order valence-corrected chi connectivity index (χ4v) is 4.66. The van der Waals surface area contributed by atoms with E-state index in [9.17, 15) is 9.59 Å². The van der Waals surface area contributed by atoms with E-state index in [0.717, 1.165) is 19.5 Å². The largest absolute Gasteiger partial charge is 0.462 e. The molecule has 0 N–H and O–H groups in total. The normalized spacial score (nSPS) is 15.7. The van der Waals surface area contributed by atoms with Gasteiger partial charge in [-0.15, -0.1) is 0 Å². The van der Waals surface area contributed by atoms with E-state index in [4.69, 9.17) is 21.1 Å². The fourth-order valence-electron chi connectivity index (χ4n) is 4.50. The summed E-state index contributed by atoms with van der Waals surface area (Å²) in [5.41, 5.74) is 0.553. The zero-order chi connectivity index (χ0) is 23.3. The van der Waals surface area contributed by atoms with Crippen molar-refractivity contribution in [1.82, 2.24) is 9.47 Å². The number of rotatable bonds is 3. The van der Waals surface area contributed by atoms with Crippen molar-refractivity contribution < 1.29 is 18.7 Å². The molecule has 0 amide bonds. The fraction of sp³-hybridized carbons (Fsp3) is 0.333. The molecule has 1 saturated heterocycles. The first kappa shape index (κ1) is 21.7. The summed E-state index contributed by atoms with van der Waals surface area (Å²) in [5, 5.41) is 0.513. The lowest BCUT2D eigenvalue weighted by atomic mass is 10.1. The predicted molar refractivity (Wildman–Crippen MR) is 125 cm³/mol. The third-order valence-corrected chi connectivity index (χ3v) is 6.33. The lowest BCUT2D eigenvalue weighted by molar-refractivity contribution is 0.0524. The molecule has 172 valence electrons. The summed E-state index contributed by atoms with van der Waals surface area (Å²) in [6, 6.07) is 6.27. The van der Waals surface area contributed by atoms with E-state index in [1.54, 1.807) is 29.7 Å². The van der Waals surface area contributed by atoms with Gasteiger partial charge < -0.3 is 23.8 Å². The maximum Gasteiger partial charge on any atom is 0.343 e. The Balaban J connectivity index is 1.82. The van der Waals surface area contributed by atoms with E-state index in [1.165, 1.54) is 12.3 Å². The molecule has 33 heavy (non-hydrogen) atoms. The summed E-state index contributed by atoms with van der Waals surface area (Å²) < 4.78 is 28.6. The minimum atomic E-state index is -0.753. The first-order valence-electron chi connectivity index (χ1n) is 10.9. The highest BCUT2D eigenvalue weighted by atomic mass is 35.5. The number of carbonyl (C=O) groups is 1. The Hall–Kier alpha value is -3.10. The molecule has 9 heteroatoms. The quantitative estimate of drug-likeness (QED) is 0.417. The number of halogens is 2. The zero-order valence-corrected chi connectivity index (χ0v) is 19.1. The van der Waals surface area contributed by atoms with Gasteiger partial charge in [-0.3, -0.25) is 4.79 Å². The zero-order valence-electron chi connectivity index (χ0n) is 18.4. The Morgan fingerprint density at radius 1 is 1.21 bits per heavy atom. The Labute approximate surface area is 194 Å². The van der Waals surface area contributed by atoms with Crippen LogP contribution in [0.2, 0.25) is 5.02 Å². The van der Waals surface area contributed by atoms with Crippen LogP contribution in [0.5, 0.6) is 11.5 Å². The highest BCUT2D eigenvalue weighted by Crippen LogP contribution is 2.47. The molecule has 5 rings (SSSR count). The van der Waals surface area contributed by atoms with Crippen LogP contribution in [0, 0.1) is 5.82 Å². The number of fused-ring (bicyclic) bond motifs is 2. The van der Waals surface area contributed by atoms with Crippen LogP contribution in [-0.2, 0) is 4.74 Å². The number of hydrogen-bond acceptors (Lipinski definition) is 6. The van der Waals surface area contributed by atoms with Gasteiger partial charge >= 0.3 is 5.97 Å². The van der Waals surface area contributed by atoms with Gasteiger partial charge in [0, 0.05) is 36.9 Å². The van der Waals surface area contributed by atoms with E-state index in [1.807, 2.05) is 11.9 Å². The molecule has 0 aliphatic carbocycles. The molecule has 7 nitrogen and oxygen atoms in total. The third-order valence-electron chi connectivity index (χ3n) is 6.10. The average molecular weight is 472 g/mol. The van der Waals surface area contributed by atoms with Gasteiger partial charge in [-0.2, -0.15) is 0 Å². The summed E-state index contributed by atoms with van der Waals surface area (Å²) in [6.45, 7) is 4.73. The molecule has 1 aromatic heterocycles. The van der Waals surface area contributed by atoms with Crippen LogP contribution < -0.4 is 15.1 Å². The molecule has 0 bridgehead atoms. The van der Waals surface area contributed by atoms with Crippen molar-refractivity contribution in [3.05, 3.63) is 57.1 Å². The van der Waals surface area contributed by atoms with E-state index < -0.39 is 17.2 Å². The Morgan fingerprint density at radius 2 is 2.03 bits per heavy atom. The number of benzene rings is 2. The molecule has 2 aliphatic heterocycles. The molecule has 0 atom stereocenters. The van der Waals surface area contributed by atoms with Crippen molar-refractivity contribution in [2.75, 3.05) is 44.7 Å². The summed E-state index contributed by atoms with van der Waals surface area (Å²) in [4.78, 5) is 29.9. The number of esters is 1. The lowest BCUT2D eigenvalue weighted by Gasteiger charge is -2.30. The molecule has 0 unspecified atom stereocenters. The monoisotopic (exact) mass is 471 g/mol. The van der Waals surface area contributed by atoms with Crippen molar-refractivity contribution in [2.24, 2.45) is 0 Å². The predicted octanol–water partition coefficient (Wildman–Crippen LogP) is 4.21. The summed E-state index contributed by atoms with van der Waals surface area (Å²) in [7, 11) is 2.04. The minimum absolute atomic E-state index is 0.0596. The first-order valence-corrected chi connectivity index (χ1v) is 11.3. The first-order chi connectivity index (χ1) is 15.9. The molecular weight excluding hydrogens is 449 g/mol. The number of nitrogens with zero attached hydrogens (tertiary/aromatic N) is 3. The summed E-state index contributed by atoms with van der Waals surface area (Å²) in [6.07, 6.45) is 2.31. The smallest absolute Gasteiger partial charge is 0.343 e.